The van der Waals surface area contributed by atoms with Gasteiger partial charge in [0.05, 0.1) is 19.6 Å². The summed E-state index contributed by atoms with van der Waals surface area (Å²) in [5.41, 5.74) is 6.81. The highest BCUT2D eigenvalue weighted by molar-refractivity contribution is 5.85. The van der Waals surface area contributed by atoms with Gasteiger partial charge in [-0.2, -0.15) is 0 Å². The molecule has 18 heavy (non-hydrogen) atoms. The van der Waals surface area contributed by atoms with Gasteiger partial charge >= 0.3 is 5.97 Å². The molecule has 0 bridgehead atoms. The van der Waals surface area contributed by atoms with E-state index >= 15 is 0 Å². The van der Waals surface area contributed by atoms with Crippen molar-refractivity contribution in [2.24, 2.45) is 5.73 Å². The smallest absolute Gasteiger partial charge is 0.307 e. The number of carbonyl (C=O) groups is 1. The van der Waals surface area contributed by atoms with E-state index in [2.05, 4.69) is 0 Å². The molecule has 5 heteroatoms. The molecule has 2 N–H and O–H groups in total. The first-order valence-electron chi connectivity index (χ1n) is 5.82. The maximum atomic E-state index is 11.4. The molecular weight excluding hydrogens is 254 g/mol. The summed E-state index contributed by atoms with van der Waals surface area (Å²) in [6.07, 6.45) is 0.165. The monoisotopic (exact) mass is 273 g/mol. The number of halogens is 1. The molecule has 0 aliphatic heterocycles. The number of rotatable bonds is 6. The van der Waals surface area contributed by atoms with Crippen LogP contribution in [-0.4, -0.2) is 19.2 Å². The Morgan fingerprint density at radius 1 is 1.28 bits per heavy atom. The van der Waals surface area contributed by atoms with Gasteiger partial charge in [-0.25, -0.2) is 0 Å². The van der Waals surface area contributed by atoms with Crippen LogP contribution in [0.3, 0.4) is 0 Å². The molecule has 0 unspecified atom stereocenters. The van der Waals surface area contributed by atoms with Gasteiger partial charge in [0.25, 0.3) is 0 Å². The van der Waals surface area contributed by atoms with Crippen molar-refractivity contribution in [3.05, 3.63) is 29.8 Å². The van der Waals surface area contributed by atoms with Crippen molar-refractivity contribution >= 4 is 18.4 Å². The van der Waals surface area contributed by atoms with Crippen LogP contribution in [0.25, 0.3) is 0 Å². The van der Waals surface area contributed by atoms with Crippen LogP contribution in [0.4, 0.5) is 0 Å². The minimum absolute atomic E-state index is 0. The van der Waals surface area contributed by atoms with E-state index in [9.17, 15) is 4.79 Å². The minimum atomic E-state index is -0.392. The molecule has 1 rings (SSSR count). The first-order valence-corrected chi connectivity index (χ1v) is 5.82. The molecule has 102 valence electrons. The Bertz CT molecular complexity index is 371. The lowest BCUT2D eigenvalue weighted by Crippen LogP contribution is -2.18. The fourth-order valence-corrected chi connectivity index (χ4v) is 1.58. The van der Waals surface area contributed by atoms with E-state index in [0.717, 1.165) is 11.3 Å². The third kappa shape index (κ3) is 4.94. The molecule has 0 aliphatic carbocycles. The normalized spacial score (nSPS) is 11.3. The molecule has 0 fully saturated rings. The van der Waals surface area contributed by atoms with Crippen LogP contribution in [-0.2, 0) is 9.53 Å². The number of nitrogens with two attached hydrogens (primary N) is 1. The van der Waals surface area contributed by atoms with Gasteiger partial charge in [0.1, 0.15) is 5.75 Å². The standard InChI is InChI=1S/C13H19NO3.ClH/c1-3-16-12-8-6-5-7-10(12)11(14)9-13(15)17-4-2;/h5-8,11H,3-4,9,14H2,1-2H3;1H/t11-;/m1./s1. The van der Waals surface area contributed by atoms with E-state index in [1.165, 1.54) is 0 Å². The summed E-state index contributed by atoms with van der Waals surface area (Å²) in [6.45, 7) is 4.63. The summed E-state index contributed by atoms with van der Waals surface area (Å²) in [4.78, 5) is 11.4. The number of hydrogen-bond donors (Lipinski definition) is 1. The highest BCUT2D eigenvalue weighted by Crippen LogP contribution is 2.25. The predicted octanol–water partition coefficient (Wildman–Crippen LogP) is 2.46. The zero-order valence-corrected chi connectivity index (χ0v) is 11.5. The van der Waals surface area contributed by atoms with Crippen LogP contribution < -0.4 is 10.5 Å². The van der Waals surface area contributed by atoms with Crippen LogP contribution >= 0.6 is 12.4 Å². The lowest BCUT2D eigenvalue weighted by atomic mass is 10.0. The summed E-state index contributed by atoms with van der Waals surface area (Å²) < 4.78 is 10.3. The third-order valence-corrected chi connectivity index (χ3v) is 2.31. The SMILES string of the molecule is CCOC(=O)C[C@@H](N)c1ccccc1OCC.Cl. The Hall–Kier alpha value is -1.26. The van der Waals surface area contributed by atoms with Crippen LogP contribution in [0.1, 0.15) is 31.9 Å². The maximum absolute atomic E-state index is 11.4. The van der Waals surface area contributed by atoms with Gasteiger partial charge in [0, 0.05) is 11.6 Å². The number of hydrogen-bond acceptors (Lipinski definition) is 4. The molecule has 1 atom stereocenters. The van der Waals surface area contributed by atoms with Gasteiger partial charge in [0.15, 0.2) is 0 Å². The topological polar surface area (TPSA) is 61.5 Å². The van der Waals surface area contributed by atoms with Crippen molar-refractivity contribution < 1.29 is 14.3 Å². The zero-order chi connectivity index (χ0) is 12.7. The highest BCUT2D eigenvalue weighted by Gasteiger charge is 2.16. The lowest BCUT2D eigenvalue weighted by Gasteiger charge is -2.15. The highest BCUT2D eigenvalue weighted by atomic mass is 35.5. The van der Waals surface area contributed by atoms with Crippen LogP contribution in [0.5, 0.6) is 5.75 Å². The Kier molecular flexibility index (Phi) is 8.16. The molecule has 0 saturated heterocycles. The average Bonchev–Trinajstić information content (AvgIpc) is 2.30. The van der Waals surface area contributed by atoms with Crippen LogP contribution in [0.2, 0.25) is 0 Å². The fraction of sp³-hybridized carbons (Fsp3) is 0.462. The van der Waals surface area contributed by atoms with Gasteiger partial charge in [-0.1, -0.05) is 18.2 Å². The van der Waals surface area contributed by atoms with Crippen molar-refractivity contribution in [1.29, 1.82) is 0 Å². The average molecular weight is 274 g/mol. The van der Waals surface area contributed by atoms with Crippen molar-refractivity contribution in [2.45, 2.75) is 26.3 Å². The van der Waals surface area contributed by atoms with Crippen molar-refractivity contribution in [1.82, 2.24) is 0 Å². The number of esters is 1. The van der Waals surface area contributed by atoms with E-state index < -0.39 is 6.04 Å². The second-order valence-corrected chi connectivity index (χ2v) is 3.59. The lowest BCUT2D eigenvalue weighted by molar-refractivity contribution is -0.143. The molecule has 0 heterocycles. The number of carbonyl (C=O) groups excluding carboxylic acids is 1. The molecule has 0 aliphatic rings. The second-order valence-electron chi connectivity index (χ2n) is 3.59. The fourth-order valence-electron chi connectivity index (χ4n) is 1.58. The van der Waals surface area contributed by atoms with Gasteiger partial charge in [-0.15, -0.1) is 12.4 Å². The van der Waals surface area contributed by atoms with Crippen molar-refractivity contribution in [3.8, 4) is 5.75 Å². The van der Waals surface area contributed by atoms with Crippen LogP contribution in [0.15, 0.2) is 24.3 Å². The van der Waals surface area contributed by atoms with Crippen LogP contribution in [0, 0.1) is 0 Å². The molecule has 0 saturated carbocycles. The Morgan fingerprint density at radius 2 is 1.94 bits per heavy atom. The molecule has 0 aromatic heterocycles. The Morgan fingerprint density at radius 3 is 2.56 bits per heavy atom. The number of benzene rings is 1. The first-order chi connectivity index (χ1) is 8.19. The van der Waals surface area contributed by atoms with Crippen molar-refractivity contribution in [2.75, 3.05) is 13.2 Å². The van der Waals surface area contributed by atoms with E-state index in [1.54, 1.807) is 6.92 Å². The van der Waals surface area contributed by atoms with E-state index in [1.807, 2.05) is 31.2 Å². The summed E-state index contributed by atoms with van der Waals surface area (Å²) in [6, 6.07) is 7.09. The predicted molar refractivity (Wildman–Crippen MR) is 73.0 cm³/mol. The van der Waals surface area contributed by atoms with E-state index in [0.29, 0.717) is 13.2 Å². The van der Waals surface area contributed by atoms with E-state index in [4.69, 9.17) is 15.2 Å². The zero-order valence-electron chi connectivity index (χ0n) is 10.7. The molecule has 1 aromatic carbocycles. The number of para-hydroxylation sites is 1. The molecular formula is C13H20ClNO3. The molecule has 0 amide bonds. The minimum Gasteiger partial charge on any atom is -0.494 e. The number of ether oxygens (including phenoxy) is 2. The molecule has 0 spiro atoms. The van der Waals surface area contributed by atoms with E-state index in [-0.39, 0.29) is 24.8 Å². The largest absolute Gasteiger partial charge is 0.494 e. The summed E-state index contributed by atoms with van der Waals surface area (Å²) in [5.74, 6) is 0.443. The maximum Gasteiger partial charge on any atom is 0.307 e. The van der Waals surface area contributed by atoms with Gasteiger partial charge in [-0.05, 0) is 19.9 Å². The summed E-state index contributed by atoms with van der Waals surface area (Å²) in [5, 5.41) is 0. The third-order valence-electron chi connectivity index (χ3n) is 2.31. The Balaban J connectivity index is 0.00000289. The second kappa shape index (κ2) is 8.78. The summed E-state index contributed by atoms with van der Waals surface area (Å²) in [7, 11) is 0. The Labute approximate surface area is 114 Å². The summed E-state index contributed by atoms with van der Waals surface area (Å²) >= 11 is 0. The molecule has 1 aromatic rings. The van der Waals surface area contributed by atoms with Gasteiger partial charge in [-0.3, -0.25) is 4.79 Å². The van der Waals surface area contributed by atoms with Gasteiger partial charge < -0.3 is 15.2 Å². The first kappa shape index (κ1) is 16.7. The van der Waals surface area contributed by atoms with Crippen molar-refractivity contribution in [3.63, 3.8) is 0 Å². The molecule has 0 radical (unpaired) electrons. The molecule has 4 nitrogen and oxygen atoms in total. The van der Waals surface area contributed by atoms with Gasteiger partial charge in [0.2, 0.25) is 0 Å². The quantitative estimate of drug-likeness (QED) is 0.809.